The Kier molecular flexibility index (Phi) is 5.08. The lowest BCUT2D eigenvalue weighted by Gasteiger charge is -2.31. The zero-order chi connectivity index (χ0) is 19.7. The number of halogens is 1. The molecule has 8 nitrogen and oxygen atoms in total. The van der Waals surface area contributed by atoms with Crippen LogP contribution in [0.1, 0.15) is 19.8 Å². The molecule has 2 aromatic heterocycles. The predicted octanol–water partition coefficient (Wildman–Crippen LogP) is 4.72. The van der Waals surface area contributed by atoms with Gasteiger partial charge in [-0.15, -0.1) is 0 Å². The van der Waals surface area contributed by atoms with Crippen LogP contribution in [0.4, 0.5) is 11.5 Å². The summed E-state index contributed by atoms with van der Waals surface area (Å²) in [5.74, 6) is 1.07. The molecule has 0 saturated carbocycles. The molecule has 0 spiro atoms. The highest BCUT2D eigenvalue weighted by Gasteiger charge is 2.31. The molecule has 0 N–H and O–H groups in total. The first-order valence-electron chi connectivity index (χ1n) is 9.00. The molecule has 1 aliphatic rings. The molecule has 0 bridgehead atoms. The Hall–Kier alpha value is -2.81. The van der Waals surface area contributed by atoms with Crippen molar-refractivity contribution in [1.82, 2.24) is 15.0 Å². The number of rotatable bonds is 4. The van der Waals surface area contributed by atoms with Crippen molar-refractivity contribution < 1.29 is 9.66 Å². The quantitative estimate of drug-likeness (QED) is 0.424. The molecule has 1 atom stereocenters. The molecule has 144 valence electrons. The van der Waals surface area contributed by atoms with Crippen molar-refractivity contribution in [2.45, 2.75) is 19.8 Å². The maximum atomic E-state index is 11.9. The molecule has 9 heteroatoms. The number of benzene rings is 1. The maximum Gasteiger partial charge on any atom is 0.373 e. The van der Waals surface area contributed by atoms with Gasteiger partial charge in [0.25, 0.3) is 0 Å². The van der Waals surface area contributed by atoms with Gasteiger partial charge in [0.05, 0.1) is 4.92 Å². The Morgan fingerprint density at radius 3 is 2.93 bits per heavy atom. The summed E-state index contributed by atoms with van der Waals surface area (Å²) in [5, 5.41) is 12.7. The second kappa shape index (κ2) is 7.67. The van der Waals surface area contributed by atoms with Gasteiger partial charge in [0.1, 0.15) is 11.8 Å². The molecule has 0 aliphatic carbocycles. The first-order valence-corrected chi connectivity index (χ1v) is 9.79. The maximum absolute atomic E-state index is 11.9. The Bertz CT molecular complexity index is 1050. The van der Waals surface area contributed by atoms with Crippen molar-refractivity contribution in [1.29, 1.82) is 0 Å². The van der Waals surface area contributed by atoms with Gasteiger partial charge in [-0.2, -0.15) is 4.98 Å². The SMILES string of the molecule is CC1CCCN(c2ncnc(Oc3ccc(Br)c4cccnc34)c2[N+](=O)[O-])C1. The number of anilines is 1. The monoisotopic (exact) mass is 443 g/mol. The van der Waals surface area contributed by atoms with E-state index in [1.807, 2.05) is 23.1 Å². The Balaban J connectivity index is 1.78. The van der Waals surface area contributed by atoms with Crippen LogP contribution in [0, 0.1) is 16.0 Å². The topological polar surface area (TPSA) is 94.3 Å². The summed E-state index contributed by atoms with van der Waals surface area (Å²) in [6.07, 6.45) is 5.04. The van der Waals surface area contributed by atoms with Crippen LogP contribution in [0.15, 0.2) is 41.3 Å². The lowest BCUT2D eigenvalue weighted by molar-refractivity contribution is -0.385. The molecular weight excluding hydrogens is 426 g/mol. The van der Waals surface area contributed by atoms with Crippen LogP contribution in [0.5, 0.6) is 11.6 Å². The number of hydrogen-bond donors (Lipinski definition) is 0. The van der Waals surface area contributed by atoms with Crippen molar-refractivity contribution in [2.75, 3.05) is 18.0 Å². The molecule has 3 heterocycles. The number of piperidine rings is 1. The summed E-state index contributed by atoms with van der Waals surface area (Å²) >= 11 is 3.49. The van der Waals surface area contributed by atoms with E-state index in [-0.39, 0.29) is 11.6 Å². The third-order valence-corrected chi connectivity index (χ3v) is 5.49. The van der Waals surface area contributed by atoms with Crippen molar-refractivity contribution >= 4 is 38.3 Å². The highest BCUT2D eigenvalue weighted by atomic mass is 79.9. The van der Waals surface area contributed by atoms with E-state index in [9.17, 15) is 10.1 Å². The number of hydrogen-bond acceptors (Lipinski definition) is 7. The summed E-state index contributed by atoms with van der Waals surface area (Å²) in [4.78, 5) is 26.0. The van der Waals surface area contributed by atoms with Gasteiger partial charge in [-0.05, 0) is 37.0 Å². The van der Waals surface area contributed by atoms with Crippen LogP contribution in [0.25, 0.3) is 10.9 Å². The first kappa shape index (κ1) is 18.5. The minimum Gasteiger partial charge on any atom is -0.431 e. The van der Waals surface area contributed by atoms with Crippen molar-refractivity contribution in [3.05, 3.63) is 51.4 Å². The molecule has 1 fully saturated rings. The van der Waals surface area contributed by atoms with E-state index < -0.39 is 4.92 Å². The van der Waals surface area contributed by atoms with Gasteiger partial charge in [-0.1, -0.05) is 28.9 Å². The number of nitrogens with zero attached hydrogens (tertiary/aromatic N) is 5. The Morgan fingerprint density at radius 1 is 1.29 bits per heavy atom. The molecule has 1 unspecified atom stereocenters. The van der Waals surface area contributed by atoms with Crippen LogP contribution in [-0.2, 0) is 0 Å². The molecule has 1 aromatic carbocycles. The molecule has 4 rings (SSSR count). The van der Waals surface area contributed by atoms with Gasteiger partial charge >= 0.3 is 11.6 Å². The summed E-state index contributed by atoms with van der Waals surface area (Å²) in [5.41, 5.74) is 0.376. The van der Waals surface area contributed by atoms with Gasteiger partial charge in [-0.25, -0.2) is 4.98 Å². The van der Waals surface area contributed by atoms with Crippen LogP contribution in [0.2, 0.25) is 0 Å². The molecule has 0 radical (unpaired) electrons. The van der Waals surface area contributed by atoms with Crippen molar-refractivity contribution in [3.8, 4) is 11.6 Å². The molecule has 1 aliphatic heterocycles. The average Bonchev–Trinajstić information content (AvgIpc) is 2.70. The Labute approximate surface area is 169 Å². The molecular formula is C19H18BrN5O3. The number of ether oxygens (including phenoxy) is 1. The fourth-order valence-corrected chi connectivity index (χ4v) is 3.95. The van der Waals surface area contributed by atoms with E-state index in [0.717, 1.165) is 35.8 Å². The van der Waals surface area contributed by atoms with Crippen LogP contribution >= 0.6 is 15.9 Å². The highest BCUT2D eigenvalue weighted by Crippen LogP contribution is 2.39. The third kappa shape index (κ3) is 3.49. The van der Waals surface area contributed by atoms with E-state index in [2.05, 4.69) is 37.8 Å². The van der Waals surface area contributed by atoms with E-state index in [1.165, 1.54) is 6.33 Å². The van der Waals surface area contributed by atoms with Crippen molar-refractivity contribution in [3.63, 3.8) is 0 Å². The van der Waals surface area contributed by atoms with Gasteiger partial charge in [-0.3, -0.25) is 15.1 Å². The number of fused-ring (bicyclic) bond motifs is 1. The summed E-state index contributed by atoms with van der Waals surface area (Å²) < 4.78 is 6.76. The predicted molar refractivity (Wildman–Crippen MR) is 109 cm³/mol. The van der Waals surface area contributed by atoms with E-state index >= 15 is 0 Å². The minimum atomic E-state index is -0.474. The molecule has 1 saturated heterocycles. The molecule has 3 aromatic rings. The highest BCUT2D eigenvalue weighted by molar-refractivity contribution is 9.10. The lowest BCUT2D eigenvalue weighted by Crippen LogP contribution is -2.35. The summed E-state index contributed by atoms with van der Waals surface area (Å²) in [6, 6.07) is 7.25. The van der Waals surface area contributed by atoms with E-state index in [1.54, 1.807) is 12.3 Å². The zero-order valence-corrected chi connectivity index (χ0v) is 16.8. The standard InChI is InChI=1S/C19H18BrN5O3/c1-12-4-3-9-24(10-12)18-17(25(26)27)19(23-11-22-18)28-15-7-6-14(20)13-5-2-8-21-16(13)15/h2,5-8,11-12H,3-4,9-10H2,1H3. The summed E-state index contributed by atoms with van der Waals surface area (Å²) in [7, 11) is 0. The number of aromatic nitrogens is 3. The third-order valence-electron chi connectivity index (χ3n) is 4.79. The van der Waals surface area contributed by atoms with E-state index in [4.69, 9.17) is 4.74 Å². The van der Waals surface area contributed by atoms with E-state index in [0.29, 0.717) is 23.0 Å². The van der Waals surface area contributed by atoms with Crippen molar-refractivity contribution in [2.24, 2.45) is 5.92 Å². The normalized spacial score (nSPS) is 16.9. The first-order chi connectivity index (χ1) is 13.5. The van der Waals surface area contributed by atoms with Crippen LogP contribution < -0.4 is 9.64 Å². The Morgan fingerprint density at radius 2 is 2.14 bits per heavy atom. The fraction of sp³-hybridized carbons (Fsp3) is 0.316. The molecule has 28 heavy (non-hydrogen) atoms. The second-order valence-corrected chi connectivity index (χ2v) is 7.70. The zero-order valence-electron chi connectivity index (χ0n) is 15.2. The summed E-state index contributed by atoms with van der Waals surface area (Å²) in [6.45, 7) is 3.58. The number of nitro groups is 1. The van der Waals surface area contributed by atoms with Gasteiger partial charge in [0.15, 0.2) is 5.75 Å². The smallest absolute Gasteiger partial charge is 0.373 e. The van der Waals surface area contributed by atoms with Gasteiger partial charge in [0, 0.05) is 29.1 Å². The minimum absolute atomic E-state index is 0.0810. The van der Waals surface area contributed by atoms with Crippen LogP contribution in [0.3, 0.4) is 0 Å². The second-order valence-electron chi connectivity index (χ2n) is 6.85. The molecule has 0 amide bonds. The number of pyridine rings is 1. The fourth-order valence-electron chi connectivity index (χ4n) is 3.50. The van der Waals surface area contributed by atoms with Gasteiger partial charge in [0.2, 0.25) is 5.82 Å². The lowest BCUT2D eigenvalue weighted by atomic mass is 10.0. The van der Waals surface area contributed by atoms with Gasteiger partial charge < -0.3 is 9.64 Å². The van der Waals surface area contributed by atoms with Crippen LogP contribution in [-0.4, -0.2) is 33.0 Å². The largest absolute Gasteiger partial charge is 0.431 e. The average molecular weight is 444 g/mol.